The summed E-state index contributed by atoms with van der Waals surface area (Å²) >= 11 is 6.02. The van der Waals surface area contributed by atoms with Crippen LogP contribution < -0.4 is 5.32 Å². The molecule has 0 saturated heterocycles. The van der Waals surface area contributed by atoms with Crippen LogP contribution in [-0.4, -0.2) is 44.3 Å². The molecule has 1 aliphatic rings. The second kappa shape index (κ2) is 9.45. The van der Waals surface area contributed by atoms with Gasteiger partial charge in [0.1, 0.15) is 0 Å². The van der Waals surface area contributed by atoms with Crippen molar-refractivity contribution in [2.24, 2.45) is 5.41 Å². The Hall–Kier alpha value is -3.31. The van der Waals surface area contributed by atoms with E-state index in [1.54, 1.807) is 52.0 Å². The summed E-state index contributed by atoms with van der Waals surface area (Å²) in [5.41, 5.74) is -3.24. The van der Waals surface area contributed by atoms with Crippen LogP contribution >= 0.6 is 11.6 Å². The minimum Gasteiger partial charge on any atom is -0.465 e. The van der Waals surface area contributed by atoms with Gasteiger partial charge in [-0.1, -0.05) is 23.7 Å². The number of nitrogens with one attached hydrogen (secondary N) is 1. The molecule has 0 aliphatic heterocycles. The van der Waals surface area contributed by atoms with E-state index in [1.807, 2.05) is 6.07 Å². The van der Waals surface area contributed by atoms with Gasteiger partial charge < -0.3 is 19.5 Å². The van der Waals surface area contributed by atoms with Crippen LogP contribution in [0.15, 0.2) is 41.1 Å². The molecule has 0 saturated carbocycles. The lowest BCUT2D eigenvalue weighted by atomic mass is 9.76. The Bertz CT molecular complexity index is 1040. The van der Waals surface area contributed by atoms with Crippen LogP contribution in [-0.2, 0) is 28.6 Å². The largest absolute Gasteiger partial charge is 0.465 e. The first-order valence-electron chi connectivity index (χ1n) is 9.77. The third kappa shape index (κ3) is 4.34. The van der Waals surface area contributed by atoms with Gasteiger partial charge in [0.25, 0.3) is 0 Å². The van der Waals surface area contributed by atoms with Crippen LogP contribution in [0, 0.1) is 16.7 Å². The number of nitriles is 1. The van der Waals surface area contributed by atoms with Crippen molar-refractivity contribution in [2.45, 2.75) is 33.2 Å². The molecule has 0 radical (unpaired) electrons. The topological polar surface area (TPSA) is 115 Å². The van der Waals surface area contributed by atoms with Crippen molar-refractivity contribution < 1.29 is 28.6 Å². The molecule has 0 heterocycles. The van der Waals surface area contributed by atoms with Gasteiger partial charge in [-0.3, -0.25) is 0 Å². The number of rotatable bonds is 6. The maximum Gasteiger partial charge on any atom is 0.340 e. The predicted octanol–water partition coefficient (Wildman–Crippen LogP) is 3.17. The van der Waals surface area contributed by atoms with Crippen LogP contribution in [0.5, 0.6) is 0 Å². The van der Waals surface area contributed by atoms with Crippen molar-refractivity contribution >= 4 is 35.1 Å². The zero-order valence-corrected chi connectivity index (χ0v) is 19.5. The highest BCUT2D eigenvalue weighted by Gasteiger charge is 2.59. The van der Waals surface area contributed by atoms with Crippen molar-refractivity contribution in [1.29, 1.82) is 5.26 Å². The van der Waals surface area contributed by atoms with E-state index in [2.05, 4.69) is 5.32 Å². The molecule has 1 aromatic rings. The molecule has 0 aromatic heterocycles. The SMILES string of the molecule is CCOC(=O)C1(C#N)C(NC(C)(C)C)=C(C(=O)OC)C(C(=O)OC)=C1c1ccc(Cl)cc1. The van der Waals surface area contributed by atoms with Crippen LogP contribution in [0.25, 0.3) is 5.57 Å². The number of halogens is 1. The number of ether oxygens (including phenoxy) is 3. The quantitative estimate of drug-likeness (QED) is 0.508. The Kier molecular flexibility index (Phi) is 7.37. The van der Waals surface area contributed by atoms with E-state index in [4.69, 9.17) is 25.8 Å². The molecule has 1 aromatic carbocycles. The molecule has 0 bridgehead atoms. The normalized spacial score (nSPS) is 18.2. The molecule has 1 aliphatic carbocycles. The molecular formula is C23H25ClN2O6. The van der Waals surface area contributed by atoms with Gasteiger partial charge >= 0.3 is 17.9 Å². The first-order chi connectivity index (χ1) is 15.0. The number of benzene rings is 1. The number of carbonyl (C=O) groups is 3. The van der Waals surface area contributed by atoms with E-state index in [-0.39, 0.29) is 29.0 Å². The Morgan fingerprint density at radius 3 is 2.03 bits per heavy atom. The molecule has 1 atom stereocenters. The summed E-state index contributed by atoms with van der Waals surface area (Å²) in [6, 6.07) is 8.18. The van der Waals surface area contributed by atoms with Crippen molar-refractivity contribution in [3.8, 4) is 6.07 Å². The smallest absolute Gasteiger partial charge is 0.340 e. The second-order valence-corrected chi connectivity index (χ2v) is 8.38. The minimum atomic E-state index is -2.16. The maximum absolute atomic E-state index is 13.4. The van der Waals surface area contributed by atoms with Gasteiger partial charge in [0.05, 0.1) is 43.7 Å². The Labute approximate surface area is 191 Å². The average molecular weight is 461 g/mol. The van der Waals surface area contributed by atoms with E-state index < -0.39 is 28.9 Å². The summed E-state index contributed by atoms with van der Waals surface area (Å²) in [6.07, 6.45) is 0. The van der Waals surface area contributed by atoms with Crippen LogP contribution in [0.4, 0.5) is 0 Å². The zero-order chi connectivity index (χ0) is 24.3. The third-order valence-electron chi connectivity index (χ3n) is 4.66. The molecule has 1 unspecified atom stereocenters. The first-order valence-corrected chi connectivity index (χ1v) is 10.1. The summed E-state index contributed by atoms with van der Waals surface area (Å²) in [6.45, 7) is 6.90. The summed E-state index contributed by atoms with van der Waals surface area (Å²) in [5, 5.41) is 13.9. The highest BCUT2D eigenvalue weighted by molar-refractivity contribution is 6.30. The van der Waals surface area contributed by atoms with E-state index in [0.717, 1.165) is 14.2 Å². The molecular weight excluding hydrogens is 436 g/mol. The van der Waals surface area contributed by atoms with Gasteiger partial charge in [-0.25, -0.2) is 14.4 Å². The van der Waals surface area contributed by atoms with Crippen molar-refractivity contribution in [3.63, 3.8) is 0 Å². The summed E-state index contributed by atoms with van der Waals surface area (Å²) < 4.78 is 15.1. The number of esters is 3. The second-order valence-electron chi connectivity index (χ2n) is 7.95. The monoisotopic (exact) mass is 460 g/mol. The highest BCUT2D eigenvalue weighted by atomic mass is 35.5. The summed E-state index contributed by atoms with van der Waals surface area (Å²) in [7, 11) is 2.27. The fraction of sp³-hybridized carbons (Fsp3) is 0.391. The number of methoxy groups -OCH3 is 2. The minimum absolute atomic E-state index is 0.0277. The molecule has 2 rings (SSSR count). The molecule has 0 amide bonds. The number of hydrogen-bond donors (Lipinski definition) is 1. The summed E-state index contributed by atoms with van der Waals surface area (Å²) in [4.78, 5) is 39.2. The van der Waals surface area contributed by atoms with Crippen LogP contribution in [0.3, 0.4) is 0 Å². The molecule has 170 valence electrons. The lowest BCUT2D eigenvalue weighted by molar-refractivity contribution is -0.147. The highest BCUT2D eigenvalue weighted by Crippen LogP contribution is 2.53. The van der Waals surface area contributed by atoms with Crippen molar-refractivity contribution in [1.82, 2.24) is 5.32 Å². The van der Waals surface area contributed by atoms with Gasteiger partial charge in [0.15, 0.2) is 0 Å². The van der Waals surface area contributed by atoms with Crippen LogP contribution in [0.1, 0.15) is 33.3 Å². The number of hydrogen-bond acceptors (Lipinski definition) is 8. The van der Waals surface area contributed by atoms with Gasteiger partial charge in [-0.2, -0.15) is 5.26 Å². The van der Waals surface area contributed by atoms with Crippen LogP contribution in [0.2, 0.25) is 5.02 Å². The van der Waals surface area contributed by atoms with Gasteiger partial charge in [0, 0.05) is 16.1 Å². The number of carbonyl (C=O) groups excluding carboxylic acids is 3. The Morgan fingerprint density at radius 1 is 1.06 bits per heavy atom. The molecule has 8 nitrogen and oxygen atoms in total. The molecule has 1 N–H and O–H groups in total. The van der Waals surface area contributed by atoms with E-state index >= 15 is 0 Å². The van der Waals surface area contributed by atoms with E-state index in [9.17, 15) is 19.6 Å². The number of nitrogens with zero attached hydrogens (tertiary/aromatic N) is 1. The molecule has 32 heavy (non-hydrogen) atoms. The average Bonchev–Trinajstić information content (AvgIpc) is 3.02. The predicted molar refractivity (Wildman–Crippen MR) is 117 cm³/mol. The lowest BCUT2D eigenvalue weighted by Crippen LogP contribution is -2.45. The fourth-order valence-electron chi connectivity index (χ4n) is 3.47. The molecule has 0 fully saturated rings. The Balaban J connectivity index is 3.11. The third-order valence-corrected chi connectivity index (χ3v) is 4.91. The Morgan fingerprint density at radius 2 is 1.59 bits per heavy atom. The van der Waals surface area contributed by atoms with Gasteiger partial charge in [0.2, 0.25) is 5.41 Å². The van der Waals surface area contributed by atoms with E-state index in [0.29, 0.717) is 10.6 Å². The van der Waals surface area contributed by atoms with Crippen molar-refractivity contribution in [3.05, 3.63) is 51.7 Å². The maximum atomic E-state index is 13.4. The standard InChI is InChI=1S/C23H25ClN2O6/c1-7-32-21(29)23(12-25)17(13-8-10-14(24)11-9-13)15(19(27)30-5)16(20(28)31-6)18(23)26-22(2,3)4/h8-11,26H,7H2,1-6H3. The first kappa shape index (κ1) is 25.0. The van der Waals surface area contributed by atoms with E-state index in [1.165, 1.54) is 0 Å². The van der Waals surface area contributed by atoms with Crippen molar-refractivity contribution in [2.75, 3.05) is 20.8 Å². The van der Waals surface area contributed by atoms with Gasteiger partial charge in [-0.15, -0.1) is 0 Å². The van der Waals surface area contributed by atoms with Gasteiger partial charge in [-0.05, 0) is 45.4 Å². The molecule has 9 heteroatoms. The molecule has 0 spiro atoms. The summed E-state index contributed by atoms with van der Waals surface area (Å²) in [5.74, 6) is -2.77. The fourth-order valence-corrected chi connectivity index (χ4v) is 3.60. The lowest BCUT2D eigenvalue weighted by Gasteiger charge is -2.32. The zero-order valence-electron chi connectivity index (χ0n) is 18.8.